The number of benzene rings is 2. The fraction of sp³-hybridized carbons (Fsp3) is 0.350. The molecule has 1 aliphatic rings. The van der Waals surface area contributed by atoms with E-state index in [0.717, 1.165) is 12.1 Å². The lowest BCUT2D eigenvalue weighted by atomic mass is 9.97. The number of nitrogens with one attached hydrogen (secondary N) is 2. The smallest absolute Gasteiger partial charge is 0.375 e. The lowest BCUT2D eigenvalue weighted by Crippen LogP contribution is -2.41. The van der Waals surface area contributed by atoms with E-state index in [2.05, 4.69) is 10.6 Å². The number of hydrogen-bond acceptors (Lipinski definition) is 4. The summed E-state index contributed by atoms with van der Waals surface area (Å²) in [6.07, 6.45) is -3.89. The van der Waals surface area contributed by atoms with Crippen LogP contribution in [0.1, 0.15) is 12.8 Å². The van der Waals surface area contributed by atoms with Gasteiger partial charge in [0.15, 0.2) is 0 Å². The Balaban J connectivity index is 1.60. The highest BCUT2D eigenvalue weighted by atomic mass is 32.2. The van der Waals surface area contributed by atoms with Gasteiger partial charge in [-0.3, -0.25) is 4.79 Å². The minimum atomic E-state index is -4.40. The molecule has 2 aromatic carbocycles. The van der Waals surface area contributed by atoms with Crippen LogP contribution in [0.2, 0.25) is 0 Å². The maximum Gasteiger partial charge on any atom is 0.405 e. The van der Waals surface area contributed by atoms with Crippen LogP contribution < -0.4 is 10.6 Å². The first-order chi connectivity index (χ1) is 14.6. The molecule has 168 valence electrons. The minimum Gasteiger partial charge on any atom is -0.375 e. The van der Waals surface area contributed by atoms with Gasteiger partial charge in [0.05, 0.1) is 16.3 Å². The van der Waals surface area contributed by atoms with Crippen molar-refractivity contribution in [2.75, 3.05) is 30.3 Å². The Morgan fingerprint density at radius 2 is 1.58 bits per heavy atom. The van der Waals surface area contributed by atoms with Crippen molar-refractivity contribution in [1.82, 2.24) is 4.31 Å². The first kappa shape index (κ1) is 23.0. The van der Waals surface area contributed by atoms with Crippen LogP contribution >= 0.6 is 0 Å². The molecule has 11 heteroatoms. The molecule has 0 radical (unpaired) electrons. The zero-order valence-electron chi connectivity index (χ0n) is 16.3. The number of hydrogen-bond donors (Lipinski definition) is 2. The van der Waals surface area contributed by atoms with Crippen LogP contribution in [0.25, 0.3) is 0 Å². The fourth-order valence-electron chi connectivity index (χ4n) is 3.29. The number of anilines is 2. The fourth-order valence-corrected chi connectivity index (χ4v) is 4.76. The predicted octanol–water partition coefficient (Wildman–Crippen LogP) is 3.84. The molecule has 1 saturated heterocycles. The van der Waals surface area contributed by atoms with Crippen molar-refractivity contribution < 1.29 is 30.8 Å². The van der Waals surface area contributed by atoms with Crippen LogP contribution in [0, 0.1) is 11.7 Å². The van der Waals surface area contributed by atoms with Crippen LogP contribution in [0.5, 0.6) is 0 Å². The molecule has 0 aromatic heterocycles. The lowest BCUT2D eigenvalue weighted by Gasteiger charge is -2.30. The second-order valence-corrected chi connectivity index (χ2v) is 9.07. The molecule has 6 nitrogen and oxygen atoms in total. The first-order valence-electron chi connectivity index (χ1n) is 9.52. The van der Waals surface area contributed by atoms with E-state index in [1.807, 2.05) is 0 Å². The van der Waals surface area contributed by atoms with Crippen molar-refractivity contribution in [1.29, 1.82) is 0 Å². The van der Waals surface area contributed by atoms with Gasteiger partial charge in [-0.1, -0.05) is 12.1 Å². The molecule has 0 aliphatic carbocycles. The van der Waals surface area contributed by atoms with Gasteiger partial charge in [-0.15, -0.1) is 0 Å². The molecule has 1 fully saturated rings. The van der Waals surface area contributed by atoms with E-state index >= 15 is 0 Å². The van der Waals surface area contributed by atoms with Crippen LogP contribution in [0.4, 0.5) is 28.9 Å². The van der Waals surface area contributed by atoms with Gasteiger partial charge < -0.3 is 10.6 Å². The van der Waals surface area contributed by atoms with E-state index in [1.165, 1.54) is 28.6 Å². The molecule has 0 bridgehead atoms. The third-order valence-corrected chi connectivity index (χ3v) is 6.85. The zero-order chi connectivity index (χ0) is 22.6. The summed E-state index contributed by atoms with van der Waals surface area (Å²) >= 11 is 0. The monoisotopic (exact) mass is 459 g/mol. The van der Waals surface area contributed by atoms with Crippen LogP contribution in [-0.4, -0.2) is 44.4 Å². The average Bonchev–Trinajstić information content (AvgIpc) is 2.73. The Kier molecular flexibility index (Phi) is 6.85. The Morgan fingerprint density at radius 1 is 1.00 bits per heavy atom. The summed E-state index contributed by atoms with van der Waals surface area (Å²) in [6.45, 7) is -1.03. The highest BCUT2D eigenvalue weighted by molar-refractivity contribution is 7.89. The maximum atomic E-state index is 13.1. The topological polar surface area (TPSA) is 78.5 Å². The molecule has 0 spiro atoms. The molecule has 2 N–H and O–H groups in total. The highest BCUT2D eigenvalue weighted by Gasteiger charge is 2.32. The van der Waals surface area contributed by atoms with E-state index in [0.29, 0.717) is 0 Å². The normalized spacial score (nSPS) is 16.1. The van der Waals surface area contributed by atoms with Crippen molar-refractivity contribution in [2.45, 2.75) is 23.9 Å². The summed E-state index contributed by atoms with van der Waals surface area (Å²) in [6, 6.07) is 10.6. The second kappa shape index (κ2) is 9.23. The van der Waals surface area contributed by atoms with Crippen molar-refractivity contribution in [3.63, 3.8) is 0 Å². The van der Waals surface area contributed by atoms with Crippen molar-refractivity contribution in [3.05, 3.63) is 54.3 Å². The van der Waals surface area contributed by atoms with E-state index in [1.54, 1.807) is 12.1 Å². The summed E-state index contributed by atoms with van der Waals surface area (Å²) in [5.41, 5.74) is 0.364. The Hall–Kier alpha value is -2.66. The summed E-state index contributed by atoms with van der Waals surface area (Å²) in [5, 5.41) is 4.89. The third-order valence-electron chi connectivity index (χ3n) is 4.94. The van der Waals surface area contributed by atoms with Crippen LogP contribution in [-0.2, 0) is 14.8 Å². The van der Waals surface area contributed by atoms with E-state index in [9.17, 15) is 30.8 Å². The van der Waals surface area contributed by atoms with Crippen LogP contribution in [0.3, 0.4) is 0 Å². The molecule has 2 aromatic rings. The quantitative estimate of drug-likeness (QED) is 0.644. The van der Waals surface area contributed by atoms with Gasteiger partial charge in [-0.2, -0.15) is 17.5 Å². The number of alkyl halides is 3. The Morgan fingerprint density at radius 3 is 2.16 bits per heavy atom. The molecule has 1 amide bonds. The van der Waals surface area contributed by atoms with Crippen molar-refractivity contribution in [2.24, 2.45) is 5.92 Å². The first-order valence-corrected chi connectivity index (χ1v) is 11.0. The molecule has 1 heterocycles. The largest absolute Gasteiger partial charge is 0.405 e. The number of halogens is 4. The average molecular weight is 459 g/mol. The van der Waals surface area contributed by atoms with Gasteiger partial charge >= 0.3 is 6.18 Å². The minimum absolute atomic E-state index is 0.0264. The molecule has 0 atom stereocenters. The van der Waals surface area contributed by atoms with Crippen LogP contribution in [0.15, 0.2) is 53.4 Å². The number of piperidine rings is 1. The number of nitrogens with zero attached hydrogens (tertiary/aromatic N) is 1. The van der Waals surface area contributed by atoms with Gasteiger partial charge in [0.2, 0.25) is 15.9 Å². The number of carbonyl (C=O) groups is 1. The SMILES string of the molecule is O=C(Nc1ccccc1NCC(F)(F)F)C1CCN(S(=O)(=O)c2ccc(F)cc2)CC1. The Labute approximate surface area is 177 Å². The van der Waals surface area contributed by atoms with Crippen molar-refractivity contribution in [3.8, 4) is 0 Å². The lowest BCUT2D eigenvalue weighted by molar-refractivity contribution is -0.121. The molecular formula is C20H21F4N3O3S. The van der Waals surface area contributed by atoms with E-state index in [-0.39, 0.29) is 48.1 Å². The van der Waals surface area contributed by atoms with Gasteiger partial charge in [-0.05, 0) is 49.2 Å². The van der Waals surface area contributed by atoms with Gasteiger partial charge in [0.1, 0.15) is 12.4 Å². The van der Waals surface area contributed by atoms with E-state index in [4.69, 9.17) is 0 Å². The highest BCUT2D eigenvalue weighted by Crippen LogP contribution is 2.28. The maximum absolute atomic E-state index is 13.1. The zero-order valence-corrected chi connectivity index (χ0v) is 17.1. The summed E-state index contributed by atoms with van der Waals surface area (Å²) in [5.74, 6) is -1.42. The molecule has 0 unspecified atom stereocenters. The number of rotatable bonds is 6. The number of sulfonamides is 1. The second-order valence-electron chi connectivity index (χ2n) is 7.14. The number of carbonyl (C=O) groups excluding carboxylic acids is 1. The summed E-state index contributed by atoms with van der Waals surface area (Å²) < 4.78 is 77.1. The predicted molar refractivity (Wildman–Crippen MR) is 107 cm³/mol. The Bertz CT molecular complexity index is 1020. The summed E-state index contributed by atoms with van der Waals surface area (Å²) in [7, 11) is -3.80. The van der Waals surface area contributed by atoms with Crippen molar-refractivity contribution >= 4 is 27.3 Å². The third kappa shape index (κ3) is 5.95. The molecular weight excluding hydrogens is 438 g/mol. The molecule has 1 aliphatic heterocycles. The van der Waals surface area contributed by atoms with E-state index < -0.39 is 34.5 Å². The molecule has 31 heavy (non-hydrogen) atoms. The number of amides is 1. The van der Waals surface area contributed by atoms with Gasteiger partial charge in [0, 0.05) is 19.0 Å². The van der Waals surface area contributed by atoms with Gasteiger partial charge in [-0.25, -0.2) is 12.8 Å². The van der Waals surface area contributed by atoms with Gasteiger partial charge in [0.25, 0.3) is 0 Å². The number of para-hydroxylation sites is 2. The summed E-state index contributed by atoms with van der Waals surface area (Å²) in [4.78, 5) is 12.6. The molecule has 3 rings (SSSR count). The molecule has 0 saturated carbocycles. The standard InChI is InChI=1S/C20H21F4N3O3S/c21-15-5-7-16(8-6-15)31(29,30)27-11-9-14(10-12-27)19(28)26-18-4-2-1-3-17(18)25-13-20(22,23)24/h1-8,14,25H,9-13H2,(H,26,28).